The highest BCUT2D eigenvalue weighted by atomic mass is 79.9. The van der Waals surface area contributed by atoms with Crippen molar-refractivity contribution in [3.8, 4) is 11.6 Å². The maximum atomic E-state index is 6.18. The highest BCUT2D eigenvalue weighted by Crippen LogP contribution is 2.25. The molecule has 0 saturated carbocycles. The van der Waals surface area contributed by atoms with Crippen molar-refractivity contribution < 1.29 is 4.74 Å². The van der Waals surface area contributed by atoms with Crippen LogP contribution in [-0.4, -0.2) is 15.5 Å². The minimum Gasteiger partial charge on any atom is -0.437 e. The van der Waals surface area contributed by atoms with Gasteiger partial charge in [0.2, 0.25) is 5.88 Å². The van der Waals surface area contributed by atoms with Crippen molar-refractivity contribution in [3.63, 3.8) is 0 Å². The van der Waals surface area contributed by atoms with Crippen LogP contribution in [0, 0.1) is 0 Å². The Morgan fingerprint density at radius 1 is 1.24 bits per heavy atom. The fraction of sp³-hybridized carbons (Fsp3) is 0.333. The fourth-order valence-electron chi connectivity index (χ4n) is 1.58. The van der Waals surface area contributed by atoms with Gasteiger partial charge in [-0.25, -0.2) is 4.98 Å². The Bertz CT molecular complexity index is 629. The molecule has 0 spiro atoms. The lowest BCUT2D eigenvalue weighted by molar-refractivity contribution is 0.421. The molecule has 0 fully saturated rings. The van der Waals surface area contributed by atoms with Crippen molar-refractivity contribution in [1.29, 1.82) is 0 Å². The van der Waals surface area contributed by atoms with E-state index >= 15 is 0 Å². The summed E-state index contributed by atoms with van der Waals surface area (Å²) >= 11 is 9.53. The average molecular weight is 371 g/mol. The van der Waals surface area contributed by atoms with Gasteiger partial charge < -0.3 is 10.1 Å². The minimum absolute atomic E-state index is 0.0157. The van der Waals surface area contributed by atoms with Crippen molar-refractivity contribution in [2.75, 3.05) is 0 Å². The molecule has 2 heterocycles. The van der Waals surface area contributed by atoms with Crippen LogP contribution in [0.15, 0.2) is 35.2 Å². The van der Waals surface area contributed by atoms with Gasteiger partial charge in [0.25, 0.3) is 0 Å². The molecule has 112 valence electrons. The summed E-state index contributed by atoms with van der Waals surface area (Å²) in [7, 11) is 0. The molecule has 0 saturated heterocycles. The van der Waals surface area contributed by atoms with E-state index in [1.807, 2.05) is 12.1 Å². The molecule has 0 aliphatic carbocycles. The second-order valence-corrected chi connectivity index (χ2v) is 6.98. The van der Waals surface area contributed by atoms with Gasteiger partial charge in [-0.2, -0.15) is 0 Å². The smallest absolute Gasteiger partial charge is 0.219 e. The summed E-state index contributed by atoms with van der Waals surface area (Å²) in [5.74, 6) is 1.11. The molecule has 0 aliphatic rings. The van der Waals surface area contributed by atoms with Gasteiger partial charge in [-0.3, -0.25) is 4.98 Å². The topological polar surface area (TPSA) is 47.0 Å². The average Bonchev–Trinajstić information content (AvgIpc) is 2.38. The molecule has 0 radical (unpaired) electrons. The molecule has 0 bridgehead atoms. The van der Waals surface area contributed by atoms with E-state index in [0.29, 0.717) is 23.2 Å². The van der Waals surface area contributed by atoms with Crippen molar-refractivity contribution >= 4 is 27.5 Å². The summed E-state index contributed by atoms with van der Waals surface area (Å²) in [6.45, 7) is 6.96. The van der Waals surface area contributed by atoms with Crippen LogP contribution in [-0.2, 0) is 6.54 Å². The Kier molecular flexibility index (Phi) is 5.19. The molecule has 6 heteroatoms. The van der Waals surface area contributed by atoms with E-state index in [-0.39, 0.29) is 5.54 Å². The van der Waals surface area contributed by atoms with Crippen molar-refractivity contribution in [2.24, 2.45) is 0 Å². The third kappa shape index (κ3) is 5.26. The van der Waals surface area contributed by atoms with E-state index < -0.39 is 0 Å². The van der Waals surface area contributed by atoms with Gasteiger partial charge in [-0.15, -0.1) is 0 Å². The number of rotatable bonds is 4. The van der Waals surface area contributed by atoms with E-state index in [1.165, 1.54) is 0 Å². The molecule has 4 nitrogen and oxygen atoms in total. The highest BCUT2D eigenvalue weighted by Gasteiger charge is 2.11. The quantitative estimate of drug-likeness (QED) is 0.856. The van der Waals surface area contributed by atoms with Crippen molar-refractivity contribution in [3.05, 3.63) is 45.8 Å². The number of ether oxygens (including phenoxy) is 1. The third-order valence-electron chi connectivity index (χ3n) is 2.62. The molecule has 21 heavy (non-hydrogen) atoms. The first-order valence-electron chi connectivity index (χ1n) is 6.51. The predicted molar refractivity (Wildman–Crippen MR) is 87.9 cm³/mol. The zero-order valence-corrected chi connectivity index (χ0v) is 14.5. The van der Waals surface area contributed by atoms with Crippen LogP contribution in [0.5, 0.6) is 11.6 Å². The lowest BCUT2D eigenvalue weighted by atomic mass is 10.1. The van der Waals surface area contributed by atoms with Gasteiger partial charge in [-0.05, 0) is 48.3 Å². The van der Waals surface area contributed by atoms with E-state index in [2.05, 4.69) is 52.0 Å². The lowest BCUT2D eigenvalue weighted by Gasteiger charge is -2.21. The van der Waals surface area contributed by atoms with Crippen LogP contribution >= 0.6 is 27.5 Å². The van der Waals surface area contributed by atoms with Crippen LogP contribution < -0.4 is 10.1 Å². The summed E-state index contributed by atoms with van der Waals surface area (Å²) in [6, 6.07) is 3.67. The number of hydrogen-bond acceptors (Lipinski definition) is 4. The molecule has 2 rings (SSSR count). The van der Waals surface area contributed by atoms with Crippen LogP contribution in [0.4, 0.5) is 0 Å². The van der Waals surface area contributed by atoms with Gasteiger partial charge >= 0.3 is 0 Å². The van der Waals surface area contributed by atoms with E-state index in [4.69, 9.17) is 16.3 Å². The zero-order valence-electron chi connectivity index (χ0n) is 12.2. The second-order valence-electron chi connectivity index (χ2n) is 5.66. The molecule has 0 atom stereocenters. The Balaban J connectivity index is 2.14. The maximum Gasteiger partial charge on any atom is 0.219 e. The van der Waals surface area contributed by atoms with Gasteiger partial charge in [0.15, 0.2) is 0 Å². The molecule has 0 aliphatic heterocycles. The maximum absolute atomic E-state index is 6.18. The summed E-state index contributed by atoms with van der Waals surface area (Å²) in [4.78, 5) is 8.23. The zero-order chi connectivity index (χ0) is 15.5. The highest BCUT2D eigenvalue weighted by molar-refractivity contribution is 9.10. The molecular formula is C15H17BrClN3O. The van der Waals surface area contributed by atoms with Crippen molar-refractivity contribution in [1.82, 2.24) is 15.3 Å². The standard InChI is InChI=1S/C15H17BrClN3O/c1-15(2,3)20-6-10-4-14(19-9-13(10)17)21-12-5-11(16)7-18-8-12/h4-5,7-9,20H,6H2,1-3H3. The number of pyridine rings is 2. The summed E-state index contributed by atoms with van der Waals surface area (Å²) in [5, 5.41) is 4.01. The predicted octanol–water partition coefficient (Wildman–Crippen LogP) is 4.57. The largest absolute Gasteiger partial charge is 0.437 e. The van der Waals surface area contributed by atoms with Gasteiger partial charge in [0.05, 0.1) is 11.2 Å². The first-order valence-corrected chi connectivity index (χ1v) is 7.68. The number of nitrogens with one attached hydrogen (secondary N) is 1. The van der Waals surface area contributed by atoms with E-state index in [9.17, 15) is 0 Å². The van der Waals surface area contributed by atoms with Crippen LogP contribution in [0.1, 0.15) is 26.3 Å². The minimum atomic E-state index is 0.0157. The third-order valence-corrected chi connectivity index (χ3v) is 3.39. The molecule has 0 amide bonds. The first kappa shape index (κ1) is 16.2. The first-order chi connectivity index (χ1) is 9.83. The van der Waals surface area contributed by atoms with E-state index in [1.54, 1.807) is 18.6 Å². The number of halogens is 2. The summed E-state index contributed by atoms with van der Waals surface area (Å²) in [5.41, 5.74) is 0.960. The van der Waals surface area contributed by atoms with Gasteiger partial charge in [0, 0.05) is 35.0 Å². The molecule has 2 aromatic heterocycles. The molecule has 0 aromatic carbocycles. The Morgan fingerprint density at radius 3 is 2.67 bits per heavy atom. The normalized spacial score (nSPS) is 11.5. The van der Waals surface area contributed by atoms with Crippen LogP contribution in [0.25, 0.3) is 0 Å². The van der Waals surface area contributed by atoms with E-state index in [0.717, 1.165) is 10.0 Å². The summed E-state index contributed by atoms with van der Waals surface area (Å²) < 4.78 is 6.55. The molecule has 2 aromatic rings. The summed E-state index contributed by atoms with van der Waals surface area (Å²) in [6.07, 6.45) is 4.93. The number of aromatic nitrogens is 2. The van der Waals surface area contributed by atoms with Gasteiger partial charge in [0.1, 0.15) is 5.75 Å². The Labute approximate surface area is 138 Å². The fourth-order valence-corrected chi connectivity index (χ4v) is 2.09. The molecule has 0 unspecified atom stereocenters. The van der Waals surface area contributed by atoms with Crippen molar-refractivity contribution in [2.45, 2.75) is 32.9 Å². The number of nitrogens with zero attached hydrogens (tertiary/aromatic N) is 2. The Hall–Kier alpha value is -1.17. The Morgan fingerprint density at radius 2 is 2.00 bits per heavy atom. The lowest BCUT2D eigenvalue weighted by Crippen LogP contribution is -2.35. The molecule has 1 N–H and O–H groups in total. The monoisotopic (exact) mass is 369 g/mol. The second kappa shape index (κ2) is 6.73. The van der Waals surface area contributed by atoms with Gasteiger partial charge in [-0.1, -0.05) is 11.6 Å². The van der Waals surface area contributed by atoms with Crippen LogP contribution in [0.2, 0.25) is 5.02 Å². The molecular weight excluding hydrogens is 354 g/mol. The SMILES string of the molecule is CC(C)(C)NCc1cc(Oc2cncc(Br)c2)ncc1Cl. The number of hydrogen-bond donors (Lipinski definition) is 1. The van der Waals surface area contributed by atoms with Crippen LogP contribution in [0.3, 0.4) is 0 Å².